The van der Waals surface area contributed by atoms with E-state index in [0.29, 0.717) is 59.1 Å². The van der Waals surface area contributed by atoms with Crippen LogP contribution in [0.4, 0.5) is 5.69 Å². The fourth-order valence-electron chi connectivity index (χ4n) is 3.92. The molecule has 1 amide bonds. The van der Waals surface area contributed by atoms with Gasteiger partial charge in [0.25, 0.3) is 15.9 Å². The summed E-state index contributed by atoms with van der Waals surface area (Å²) < 4.78 is 41.0. The number of aryl methyl sites for hydroxylation is 3. The van der Waals surface area contributed by atoms with Crippen LogP contribution in [0.5, 0.6) is 0 Å². The molecule has 0 spiro atoms. The van der Waals surface area contributed by atoms with Crippen LogP contribution in [0.15, 0.2) is 33.6 Å². The highest BCUT2D eigenvalue weighted by Crippen LogP contribution is 2.36. The lowest BCUT2D eigenvalue weighted by Gasteiger charge is -2.26. The van der Waals surface area contributed by atoms with Crippen LogP contribution < -0.4 is 4.72 Å². The van der Waals surface area contributed by atoms with Crippen molar-refractivity contribution in [3.63, 3.8) is 0 Å². The second-order valence-corrected chi connectivity index (χ2v) is 10.1. The smallest absolute Gasteiger partial charge is 0.290 e. The first-order chi connectivity index (χ1) is 15.1. The molecular formula is C23H25ClN2O5S. The molecular weight excluding hydrogens is 452 g/mol. The van der Waals surface area contributed by atoms with Gasteiger partial charge in [0.2, 0.25) is 0 Å². The molecule has 0 bridgehead atoms. The summed E-state index contributed by atoms with van der Waals surface area (Å²) in [5.74, 6) is -0.104. The molecule has 0 aliphatic carbocycles. The van der Waals surface area contributed by atoms with Gasteiger partial charge < -0.3 is 14.1 Å². The van der Waals surface area contributed by atoms with Crippen molar-refractivity contribution in [3.8, 4) is 0 Å². The average molecular weight is 477 g/mol. The number of benzene rings is 2. The number of rotatable bonds is 4. The lowest BCUT2D eigenvalue weighted by atomic mass is 10.0. The number of sulfonamides is 1. The zero-order chi connectivity index (χ0) is 23.2. The maximum absolute atomic E-state index is 13.5. The van der Waals surface area contributed by atoms with E-state index in [9.17, 15) is 13.2 Å². The standard InChI is InChI=1S/C23H25ClN2O5S/c1-13-12-18-16(4)20(23(27)26-7-9-30-10-8-26)31-21(18)22(15(13)3)32(28,29)25-19-6-5-17(24)11-14(19)2/h5-6,11-12,25H,7-10H2,1-4H3. The minimum Gasteiger partial charge on any atom is -0.449 e. The van der Waals surface area contributed by atoms with Crippen LogP contribution in [0.25, 0.3) is 11.0 Å². The molecule has 7 nitrogen and oxygen atoms in total. The SMILES string of the molecule is Cc1cc(Cl)ccc1NS(=O)(=O)c1c(C)c(C)cc2c(C)c(C(=O)N3CCOCC3)oc12. The number of hydrogen-bond donors (Lipinski definition) is 1. The summed E-state index contributed by atoms with van der Waals surface area (Å²) >= 11 is 6.01. The molecule has 1 saturated heterocycles. The number of anilines is 1. The molecule has 3 aromatic rings. The van der Waals surface area contributed by atoms with Gasteiger partial charge in [0.05, 0.1) is 18.9 Å². The van der Waals surface area contributed by atoms with Crippen LogP contribution in [0.1, 0.15) is 32.8 Å². The van der Waals surface area contributed by atoms with Crippen LogP contribution in [0, 0.1) is 27.7 Å². The number of furan rings is 1. The largest absolute Gasteiger partial charge is 0.449 e. The number of hydrogen-bond acceptors (Lipinski definition) is 5. The maximum atomic E-state index is 13.5. The molecule has 2 aromatic carbocycles. The van der Waals surface area contributed by atoms with Gasteiger partial charge >= 0.3 is 0 Å². The van der Waals surface area contributed by atoms with Crippen LogP contribution >= 0.6 is 11.6 Å². The van der Waals surface area contributed by atoms with E-state index in [1.807, 2.05) is 13.0 Å². The number of carbonyl (C=O) groups excluding carboxylic acids is 1. The van der Waals surface area contributed by atoms with Gasteiger partial charge in [0.1, 0.15) is 4.90 Å². The summed E-state index contributed by atoms with van der Waals surface area (Å²) in [6.07, 6.45) is 0. The first-order valence-electron chi connectivity index (χ1n) is 10.3. The van der Waals surface area contributed by atoms with Crippen LogP contribution in [0.3, 0.4) is 0 Å². The van der Waals surface area contributed by atoms with E-state index in [-0.39, 0.29) is 22.1 Å². The van der Waals surface area contributed by atoms with Gasteiger partial charge in [-0.15, -0.1) is 0 Å². The summed E-state index contributed by atoms with van der Waals surface area (Å²) in [6.45, 7) is 9.00. The molecule has 0 saturated carbocycles. The van der Waals surface area contributed by atoms with Crippen molar-refractivity contribution in [1.82, 2.24) is 4.90 Å². The normalized spacial score (nSPS) is 14.7. The van der Waals surface area contributed by atoms with Crippen molar-refractivity contribution >= 4 is 44.2 Å². The maximum Gasteiger partial charge on any atom is 0.290 e. The van der Waals surface area contributed by atoms with E-state index in [2.05, 4.69) is 4.72 Å². The molecule has 0 radical (unpaired) electrons. The topological polar surface area (TPSA) is 88.9 Å². The number of nitrogens with one attached hydrogen (secondary N) is 1. The predicted molar refractivity (Wildman–Crippen MR) is 124 cm³/mol. The number of carbonyl (C=O) groups is 1. The zero-order valence-electron chi connectivity index (χ0n) is 18.4. The average Bonchev–Trinajstić information content (AvgIpc) is 3.06. The number of ether oxygens (including phenoxy) is 1. The molecule has 9 heteroatoms. The van der Waals surface area contributed by atoms with E-state index < -0.39 is 10.0 Å². The van der Waals surface area contributed by atoms with Gasteiger partial charge in [0.15, 0.2) is 11.3 Å². The molecule has 1 aliphatic heterocycles. The fraction of sp³-hybridized carbons (Fsp3) is 0.348. The number of amides is 1. The molecule has 1 aliphatic rings. The van der Waals surface area contributed by atoms with Crippen LogP contribution in [-0.2, 0) is 14.8 Å². The highest BCUT2D eigenvalue weighted by molar-refractivity contribution is 7.93. The predicted octanol–water partition coefficient (Wildman–Crippen LogP) is 4.59. The molecule has 2 heterocycles. The van der Waals surface area contributed by atoms with Crippen molar-refractivity contribution < 1.29 is 22.4 Å². The van der Waals surface area contributed by atoms with Crippen molar-refractivity contribution in [2.75, 3.05) is 31.0 Å². The lowest BCUT2D eigenvalue weighted by molar-refractivity contribution is 0.0283. The highest BCUT2D eigenvalue weighted by atomic mass is 35.5. The number of nitrogens with zero attached hydrogens (tertiary/aromatic N) is 1. The second kappa shape index (κ2) is 8.42. The molecule has 1 N–H and O–H groups in total. The molecule has 0 atom stereocenters. The molecule has 0 unspecified atom stereocenters. The Morgan fingerprint density at radius 2 is 1.72 bits per heavy atom. The Bertz CT molecular complexity index is 1320. The van der Waals surface area contributed by atoms with E-state index in [1.165, 1.54) is 0 Å². The monoisotopic (exact) mass is 476 g/mol. The minimum absolute atomic E-state index is 0.0333. The Labute approximate surface area is 192 Å². The fourth-order valence-corrected chi connectivity index (χ4v) is 5.72. The third-order valence-corrected chi connectivity index (χ3v) is 7.64. The number of halogens is 1. The van der Waals surface area contributed by atoms with E-state index in [1.54, 1.807) is 43.9 Å². The number of morpholine rings is 1. The summed E-state index contributed by atoms with van der Waals surface area (Å²) in [6, 6.07) is 6.81. The van der Waals surface area contributed by atoms with Crippen molar-refractivity contribution in [2.45, 2.75) is 32.6 Å². The molecule has 4 rings (SSSR count). The third-order valence-electron chi connectivity index (χ3n) is 5.89. The van der Waals surface area contributed by atoms with Gasteiger partial charge in [0, 0.05) is 29.1 Å². The van der Waals surface area contributed by atoms with Crippen LogP contribution in [-0.4, -0.2) is 45.5 Å². The molecule has 1 fully saturated rings. The Kier molecular flexibility index (Phi) is 5.96. The van der Waals surface area contributed by atoms with Gasteiger partial charge in [-0.3, -0.25) is 9.52 Å². The summed E-state index contributed by atoms with van der Waals surface area (Å²) in [7, 11) is -4.01. The minimum atomic E-state index is -4.01. The highest BCUT2D eigenvalue weighted by Gasteiger charge is 2.30. The van der Waals surface area contributed by atoms with Gasteiger partial charge in [-0.05, 0) is 68.7 Å². The van der Waals surface area contributed by atoms with Crippen LogP contribution in [0.2, 0.25) is 5.02 Å². The first-order valence-corrected chi connectivity index (χ1v) is 12.2. The Morgan fingerprint density at radius 1 is 1.03 bits per heavy atom. The third kappa shape index (κ3) is 3.98. The summed E-state index contributed by atoms with van der Waals surface area (Å²) in [5.41, 5.74) is 3.29. The van der Waals surface area contributed by atoms with Crippen molar-refractivity contribution in [1.29, 1.82) is 0 Å². The van der Waals surface area contributed by atoms with Gasteiger partial charge in [-0.1, -0.05) is 11.6 Å². The second-order valence-electron chi connectivity index (χ2n) is 8.05. The molecule has 170 valence electrons. The van der Waals surface area contributed by atoms with E-state index in [4.69, 9.17) is 20.8 Å². The molecule has 32 heavy (non-hydrogen) atoms. The molecule has 1 aromatic heterocycles. The van der Waals surface area contributed by atoms with E-state index >= 15 is 0 Å². The summed E-state index contributed by atoms with van der Waals surface area (Å²) in [4.78, 5) is 14.8. The van der Waals surface area contributed by atoms with Crippen molar-refractivity contribution in [3.05, 3.63) is 57.3 Å². The van der Waals surface area contributed by atoms with E-state index in [0.717, 1.165) is 5.56 Å². The Balaban J connectivity index is 1.85. The zero-order valence-corrected chi connectivity index (χ0v) is 20.0. The Morgan fingerprint density at radius 3 is 2.38 bits per heavy atom. The number of fused-ring (bicyclic) bond motifs is 1. The quantitative estimate of drug-likeness (QED) is 0.594. The Hall–Kier alpha value is -2.55. The van der Waals surface area contributed by atoms with Gasteiger partial charge in [-0.25, -0.2) is 8.42 Å². The summed E-state index contributed by atoms with van der Waals surface area (Å²) in [5, 5.41) is 1.13. The van der Waals surface area contributed by atoms with Gasteiger partial charge in [-0.2, -0.15) is 0 Å². The first kappa shape index (κ1) is 22.6. The van der Waals surface area contributed by atoms with Crippen molar-refractivity contribution in [2.24, 2.45) is 0 Å². The lowest BCUT2D eigenvalue weighted by Crippen LogP contribution is -2.40.